The molecule has 0 amide bonds. The molecule has 0 unspecified atom stereocenters. The molecule has 0 saturated heterocycles. The molecule has 0 heterocycles. The molecular weight excluding hydrogens is 256 g/mol. The van der Waals surface area contributed by atoms with Gasteiger partial charge in [-0.3, -0.25) is 0 Å². The monoisotopic (exact) mass is 281 g/mol. The fourth-order valence-electron chi connectivity index (χ4n) is 2.54. The van der Waals surface area contributed by atoms with Crippen LogP contribution in [0.5, 0.6) is 5.75 Å². The van der Waals surface area contributed by atoms with Gasteiger partial charge < -0.3 is 5.11 Å². The Hall–Kier alpha value is -1.76. The minimum Gasteiger partial charge on any atom is -0.872 e. The van der Waals surface area contributed by atoms with Crippen molar-refractivity contribution in [3.63, 3.8) is 0 Å². The second-order valence-corrected chi connectivity index (χ2v) is 7.77. The lowest BCUT2D eigenvalue weighted by molar-refractivity contribution is -0.271. The van der Waals surface area contributed by atoms with Gasteiger partial charge in [0.05, 0.1) is 0 Å². The lowest BCUT2D eigenvalue weighted by Gasteiger charge is -2.34. The SMILES string of the molecule is CC(C)(C)c1cc(-c2ccccc2)cc(C(C)(C)C)c1[O-]. The lowest BCUT2D eigenvalue weighted by Crippen LogP contribution is -2.21. The Morgan fingerprint density at radius 3 is 1.48 bits per heavy atom. The third-order valence-corrected chi connectivity index (χ3v) is 3.81. The van der Waals surface area contributed by atoms with Gasteiger partial charge in [0, 0.05) is 0 Å². The molecule has 1 nitrogen and oxygen atoms in total. The van der Waals surface area contributed by atoms with Gasteiger partial charge in [0.25, 0.3) is 0 Å². The minimum absolute atomic E-state index is 0.151. The first-order valence-corrected chi connectivity index (χ1v) is 7.52. The molecule has 0 bridgehead atoms. The highest BCUT2D eigenvalue weighted by atomic mass is 16.3. The molecule has 0 aliphatic carbocycles. The number of rotatable bonds is 1. The minimum atomic E-state index is -0.151. The zero-order chi connectivity index (χ0) is 15.8. The van der Waals surface area contributed by atoms with Gasteiger partial charge in [0.15, 0.2) is 0 Å². The predicted molar refractivity (Wildman–Crippen MR) is 88.7 cm³/mol. The highest BCUT2D eigenvalue weighted by Crippen LogP contribution is 2.40. The second kappa shape index (κ2) is 5.22. The van der Waals surface area contributed by atoms with Crippen molar-refractivity contribution in [3.8, 4) is 16.9 Å². The Kier molecular flexibility index (Phi) is 3.88. The summed E-state index contributed by atoms with van der Waals surface area (Å²) in [5.41, 5.74) is 3.78. The van der Waals surface area contributed by atoms with Gasteiger partial charge in [-0.25, -0.2) is 0 Å². The van der Waals surface area contributed by atoms with Gasteiger partial charge in [-0.15, -0.1) is 5.75 Å². The van der Waals surface area contributed by atoms with Crippen LogP contribution in [0.1, 0.15) is 52.7 Å². The first kappa shape index (κ1) is 15.6. The van der Waals surface area contributed by atoms with Crippen molar-refractivity contribution in [2.75, 3.05) is 0 Å². The molecular formula is C20H25O-. The molecule has 0 spiro atoms. The fourth-order valence-corrected chi connectivity index (χ4v) is 2.54. The third-order valence-electron chi connectivity index (χ3n) is 3.81. The van der Waals surface area contributed by atoms with Crippen molar-refractivity contribution in [1.29, 1.82) is 0 Å². The maximum atomic E-state index is 12.8. The Morgan fingerprint density at radius 1 is 0.667 bits per heavy atom. The molecule has 2 aromatic rings. The summed E-state index contributed by atoms with van der Waals surface area (Å²) >= 11 is 0. The first-order valence-electron chi connectivity index (χ1n) is 7.52. The normalized spacial score (nSPS) is 12.5. The summed E-state index contributed by atoms with van der Waals surface area (Å²) in [6.45, 7) is 12.6. The van der Waals surface area contributed by atoms with E-state index in [1.54, 1.807) is 0 Å². The van der Waals surface area contributed by atoms with Crippen LogP contribution < -0.4 is 5.11 Å². The van der Waals surface area contributed by atoms with Crippen LogP contribution in [0.3, 0.4) is 0 Å². The molecule has 0 radical (unpaired) electrons. The highest BCUT2D eigenvalue weighted by molar-refractivity contribution is 5.68. The summed E-state index contributed by atoms with van der Waals surface area (Å²) < 4.78 is 0. The van der Waals surface area contributed by atoms with Crippen LogP contribution in [0.4, 0.5) is 0 Å². The van der Waals surface area contributed by atoms with Crippen LogP contribution >= 0.6 is 0 Å². The molecule has 0 aromatic heterocycles. The molecule has 0 N–H and O–H groups in total. The van der Waals surface area contributed by atoms with Crippen LogP contribution in [-0.2, 0) is 10.8 Å². The molecule has 2 aromatic carbocycles. The molecule has 1 heteroatoms. The maximum Gasteiger partial charge on any atom is -0.0138 e. The van der Waals surface area contributed by atoms with E-state index in [2.05, 4.69) is 65.8 Å². The van der Waals surface area contributed by atoms with Crippen molar-refractivity contribution in [1.82, 2.24) is 0 Å². The van der Waals surface area contributed by atoms with Gasteiger partial charge in [0.2, 0.25) is 0 Å². The molecule has 21 heavy (non-hydrogen) atoms. The molecule has 0 aliphatic heterocycles. The summed E-state index contributed by atoms with van der Waals surface area (Å²) in [6, 6.07) is 14.4. The number of hydrogen-bond acceptors (Lipinski definition) is 1. The topological polar surface area (TPSA) is 23.1 Å². The van der Waals surface area contributed by atoms with Gasteiger partial charge in [0.1, 0.15) is 0 Å². The zero-order valence-corrected chi connectivity index (χ0v) is 13.9. The molecule has 0 fully saturated rings. The van der Waals surface area contributed by atoms with Crippen molar-refractivity contribution < 1.29 is 5.11 Å². The number of benzene rings is 2. The largest absolute Gasteiger partial charge is 0.872 e. The quantitative estimate of drug-likeness (QED) is 0.719. The summed E-state index contributed by atoms with van der Waals surface area (Å²) in [5.74, 6) is 0.190. The number of hydrogen-bond donors (Lipinski definition) is 0. The van der Waals surface area contributed by atoms with Crippen LogP contribution in [-0.4, -0.2) is 0 Å². The van der Waals surface area contributed by atoms with E-state index in [0.717, 1.165) is 22.3 Å². The van der Waals surface area contributed by atoms with Crippen LogP contribution in [0.15, 0.2) is 42.5 Å². The average molecular weight is 281 g/mol. The molecule has 0 saturated carbocycles. The van der Waals surface area contributed by atoms with Crippen molar-refractivity contribution in [2.45, 2.75) is 52.4 Å². The Morgan fingerprint density at radius 2 is 1.10 bits per heavy atom. The van der Waals surface area contributed by atoms with E-state index in [4.69, 9.17) is 0 Å². The fraction of sp³-hybridized carbons (Fsp3) is 0.400. The molecule has 0 aliphatic rings. The average Bonchev–Trinajstić information content (AvgIpc) is 2.37. The van der Waals surface area contributed by atoms with Gasteiger partial charge in [-0.1, -0.05) is 84.0 Å². The smallest absolute Gasteiger partial charge is 0.0138 e. The molecule has 112 valence electrons. The first-order chi connectivity index (χ1) is 9.60. The predicted octanol–water partition coefficient (Wildman–Crippen LogP) is 5.02. The zero-order valence-electron chi connectivity index (χ0n) is 13.9. The van der Waals surface area contributed by atoms with Crippen LogP contribution in [0.25, 0.3) is 11.1 Å². The van der Waals surface area contributed by atoms with E-state index in [-0.39, 0.29) is 16.6 Å². The van der Waals surface area contributed by atoms with Crippen molar-refractivity contribution in [2.24, 2.45) is 0 Å². The van der Waals surface area contributed by atoms with Gasteiger partial charge in [-0.05, 0) is 33.1 Å². The van der Waals surface area contributed by atoms with E-state index >= 15 is 0 Å². The van der Waals surface area contributed by atoms with Crippen LogP contribution in [0, 0.1) is 0 Å². The van der Waals surface area contributed by atoms with Gasteiger partial charge in [-0.2, -0.15) is 0 Å². The summed E-state index contributed by atoms with van der Waals surface area (Å²) in [7, 11) is 0. The Labute approximate surface area is 128 Å². The second-order valence-electron chi connectivity index (χ2n) is 7.77. The summed E-state index contributed by atoms with van der Waals surface area (Å²) in [6.07, 6.45) is 0. The molecule has 2 rings (SSSR count). The van der Waals surface area contributed by atoms with E-state index in [0.29, 0.717) is 0 Å². The van der Waals surface area contributed by atoms with Crippen LogP contribution in [0.2, 0.25) is 0 Å². The third kappa shape index (κ3) is 3.29. The van der Waals surface area contributed by atoms with E-state index in [1.165, 1.54) is 0 Å². The maximum absolute atomic E-state index is 12.8. The summed E-state index contributed by atoms with van der Waals surface area (Å²) in [4.78, 5) is 0. The molecule has 0 atom stereocenters. The Bertz CT molecular complexity index is 590. The van der Waals surface area contributed by atoms with E-state index in [1.807, 2.05) is 18.2 Å². The van der Waals surface area contributed by atoms with Gasteiger partial charge >= 0.3 is 0 Å². The summed E-state index contributed by atoms with van der Waals surface area (Å²) in [5, 5.41) is 12.8. The lowest BCUT2D eigenvalue weighted by atomic mass is 9.78. The highest BCUT2D eigenvalue weighted by Gasteiger charge is 2.22. The van der Waals surface area contributed by atoms with E-state index < -0.39 is 0 Å². The van der Waals surface area contributed by atoms with E-state index in [9.17, 15) is 5.11 Å². The van der Waals surface area contributed by atoms with Crippen molar-refractivity contribution >= 4 is 0 Å². The standard InChI is InChI=1S/C20H26O/c1-19(2,3)16-12-15(14-10-8-7-9-11-14)13-17(18(16)21)20(4,5)6/h7-13,21H,1-6H3/p-1. The van der Waals surface area contributed by atoms with Crippen molar-refractivity contribution in [3.05, 3.63) is 53.6 Å². The Balaban J connectivity index is 2.75.